The monoisotopic (exact) mass is 428 g/mol. The second-order valence-electron chi connectivity index (χ2n) is 9.38. The number of nitrogens with zero attached hydrogens (tertiary/aromatic N) is 2. The van der Waals surface area contributed by atoms with Gasteiger partial charge in [-0.2, -0.15) is 0 Å². The number of quaternary nitrogens is 1. The molecule has 0 aliphatic carbocycles. The second-order valence-corrected chi connectivity index (χ2v) is 9.38. The van der Waals surface area contributed by atoms with Crippen molar-refractivity contribution < 1.29 is 23.6 Å². The van der Waals surface area contributed by atoms with Crippen LogP contribution in [-0.2, 0) is 4.79 Å². The zero-order valence-electron chi connectivity index (χ0n) is 19.1. The highest BCUT2D eigenvalue weighted by Gasteiger charge is 2.32. The highest BCUT2D eigenvalue weighted by Crippen LogP contribution is 2.29. The Morgan fingerprint density at radius 3 is 2.45 bits per heavy atom. The third kappa shape index (κ3) is 4.56. The lowest BCUT2D eigenvalue weighted by molar-refractivity contribution is -0.896. The van der Waals surface area contributed by atoms with E-state index in [1.165, 1.54) is 11.3 Å². The minimum absolute atomic E-state index is 0.0725. The predicted octanol–water partition coefficient (Wildman–Crippen LogP) is 1.60. The van der Waals surface area contributed by atoms with E-state index in [0.29, 0.717) is 42.8 Å². The predicted molar refractivity (Wildman–Crippen MR) is 118 cm³/mol. The molecular formula is C24H34N3O4+. The number of rotatable bonds is 4. The maximum Gasteiger partial charge on any atom is 0.290 e. The smallest absolute Gasteiger partial charge is 0.290 e. The zero-order chi connectivity index (χ0) is 22.1. The van der Waals surface area contributed by atoms with E-state index in [9.17, 15) is 9.59 Å². The lowest BCUT2D eigenvalue weighted by atomic mass is 9.92. The summed E-state index contributed by atoms with van der Waals surface area (Å²) in [4.78, 5) is 31.0. The molecule has 1 aromatic carbocycles. The summed E-state index contributed by atoms with van der Waals surface area (Å²) in [6, 6.07) is 5.58. The van der Waals surface area contributed by atoms with Gasteiger partial charge in [0.1, 0.15) is 11.3 Å². The van der Waals surface area contributed by atoms with Crippen LogP contribution in [0.4, 0.5) is 0 Å². The van der Waals surface area contributed by atoms with Gasteiger partial charge < -0.3 is 23.9 Å². The average Bonchev–Trinajstić information content (AvgIpc) is 3.09. The number of carbonyl (C=O) groups is 2. The maximum atomic E-state index is 13.1. The first-order valence-corrected chi connectivity index (χ1v) is 11.3. The quantitative estimate of drug-likeness (QED) is 0.803. The van der Waals surface area contributed by atoms with E-state index in [1.54, 1.807) is 7.11 Å². The molecule has 2 aliphatic rings. The SMILES string of the molecule is COc1ccc2oc(C(=O)N3CC[NH+](CC(=O)N4C[C@H](C)C[C@@H](C)C4)CC3)c(C)c2c1. The molecule has 31 heavy (non-hydrogen) atoms. The molecular weight excluding hydrogens is 394 g/mol. The first-order valence-electron chi connectivity index (χ1n) is 11.3. The van der Waals surface area contributed by atoms with Crippen molar-refractivity contribution in [1.82, 2.24) is 9.80 Å². The maximum absolute atomic E-state index is 13.1. The summed E-state index contributed by atoms with van der Waals surface area (Å²) in [5, 5.41) is 0.905. The van der Waals surface area contributed by atoms with Crippen LogP contribution in [-0.4, -0.2) is 74.5 Å². The summed E-state index contributed by atoms with van der Waals surface area (Å²) in [5.74, 6) is 2.47. The van der Waals surface area contributed by atoms with Gasteiger partial charge in [-0.1, -0.05) is 13.8 Å². The van der Waals surface area contributed by atoms with Gasteiger partial charge in [0.2, 0.25) is 0 Å². The number of piperazine rings is 1. The first kappa shape index (κ1) is 21.7. The molecule has 7 nitrogen and oxygen atoms in total. The molecule has 1 N–H and O–H groups in total. The van der Waals surface area contributed by atoms with Crippen molar-refractivity contribution in [1.29, 1.82) is 0 Å². The van der Waals surface area contributed by atoms with Gasteiger partial charge in [0.25, 0.3) is 11.8 Å². The zero-order valence-corrected chi connectivity index (χ0v) is 19.1. The fourth-order valence-electron chi connectivity index (χ4n) is 5.07. The van der Waals surface area contributed by atoms with Crippen molar-refractivity contribution >= 4 is 22.8 Å². The van der Waals surface area contributed by atoms with Gasteiger partial charge in [-0.15, -0.1) is 0 Å². The van der Waals surface area contributed by atoms with E-state index in [0.717, 1.165) is 42.9 Å². The molecule has 0 saturated carbocycles. The van der Waals surface area contributed by atoms with E-state index < -0.39 is 0 Å². The lowest BCUT2D eigenvalue weighted by Crippen LogP contribution is -3.15. The molecule has 0 bridgehead atoms. The molecule has 7 heteroatoms. The van der Waals surface area contributed by atoms with Gasteiger partial charge in [0.05, 0.1) is 33.3 Å². The number of carbonyl (C=O) groups excluding carboxylic acids is 2. The number of amides is 2. The summed E-state index contributed by atoms with van der Waals surface area (Å²) in [7, 11) is 1.63. The third-order valence-electron chi connectivity index (χ3n) is 6.72. The minimum Gasteiger partial charge on any atom is -0.497 e. The Morgan fingerprint density at radius 1 is 1.13 bits per heavy atom. The number of methoxy groups -OCH3 is 1. The molecule has 2 amide bonds. The molecule has 0 unspecified atom stereocenters. The van der Waals surface area contributed by atoms with Crippen molar-refractivity contribution in [3.05, 3.63) is 29.5 Å². The van der Waals surface area contributed by atoms with Crippen molar-refractivity contribution in [3.63, 3.8) is 0 Å². The number of aryl methyl sites for hydroxylation is 1. The summed E-state index contributed by atoms with van der Waals surface area (Å²) < 4.78 is 11.2. The van der Waals surface area contributed by atoms with Gasteiger partial charge in [-0.3, -0.25) is 9.59 Å². The molecule has 0 radical (unpaired) electrons. The van der Waals surface area contributed by atoms with Crippen LogP contribution in [0.3, 0.4) is 0 Å². The molecule has 2 aliphatic heterocycles. The number of hydrogen-bond acceptors (Lipinski definition) is 4. The molecule has 4 rings (SSSR count). The summed E-state index contributed by atoms with van der Waals surface area (Å²) >= 11 is 0. The highest BCUT2D eigenvalue weighted by molar-refractivity contribution is 5.99. The van der Waals surface area contributed by atoms with Crippen LogP contribution in [0.5, 0.6) is 5.75 Å². The molecule has 2 fully saturated rings. The summed E-state index contributed by atoms with van der Waals surface area (Å²) in [6.45, 7) is 11.5. The highest BCUT2D eigenvalue weighted by atomic mass is 16.5. The van der Waals surface area contributed by atoms with E-state index in [4.69, 9.17) is 9.15 Å². The molecule has 168 valence electrons. The van der Waals surface area contributed by atoms with E-state index in [2.05, 4.69) is 13.8 Å². The fourth-order valence-corrected chi connectivity index (χ4v) is 5.07. The molecule has 3 heterocycles. The van der Waals surface area contributed by atoms with Crippen LogP contribution in [0.2, 0.25) is 0 Å². The third-order valence-corrected chi connectivity index (χ3v) is 6.72. The lowest BCUT2D eigenvalue weighted by Gasteiger charge is -2.37. The molecule has 2 aromatic rings. The van der Waals surface area contributed by atoms with Gasteiger partial charge in [-0.05, 0) is 43.4 Å². The van der Waals surface area contributed by atoms with Crippen molar-refractivity contribution in [2.45, 2.75) is 27.2 Å². The van der Waals surface area contributed by atoms with Crippen LogP contribution < -0.4 is 9.64 Å². The number of ether oxygens (including phenoxy) is 1. The van der Waals surface area contributed by atoms with Crippen LogP contribution in [0.25, 0.3) is 11.0 Å². The van der Waals surface area contributed by atoms with Gasteiger partial charge >= 0.3 is 0 Å². The molecule has 0 spiro atoms. The van der Waals surface area contributed by atoms with Crippen molar-refractivity contribution in [2.75, 3.05) is 52.9 Å². The average molecular weight is 429 g/mol. The van der Waals surface area contributed by atoms with Crippen LogP contribution in [0.15, 0.2) is 22.6 Å². The van der Waals surface area contributed by atoms with Gasteiger partial charge in [-0.25, -0.2) is 0 Å². The van der Waals surface area contributed by atoms with Crippen molar-refractivity contribution in [3.8, 4) is 5.75 Å². The number of hydrogen-bond donors (Lipinski definition) is 1. The largest absolute Gasteiger partial charge is 0.497 e. The summed E-state index contributed by atoms with van der Waals surface area (Å²) in [6.07, 6.45) is 1.20. The molecule has 2 saturated heterocycles. The normalized spacial score (nSPS) is 22.7. The number of furan rings is 1. The number of benzene rings is 1. The Kier molecular flexibility index (Phi) is 6.23. The standard InChI is InChI=1S/C24H33N3O4/c1-16-11-17(2)14-27(13-16)22(28)15-25-7-9-26(10-8-25)24(29)23-18(3)20-12-19(30-4)5-6-21(20)31-23/h5-6,12,16-17H,7-11,13-15H2,1-4H3/p+1/t16-,17-/m1/s1. The Balaban J connectivity index is 1.35. The second kappa shape index (κ2) is 8.91. The Morgan fingerprint density at radius 2 is 1.81 bits per heavy atom. The summed E-state index contributed by atoms with van der Waals surface area (Å²) in [5.41, 5.74) is 1.54. The number of nitrogens with one attached hydrogen (secondary N) is 1. The van der Waals surface area contributed by atoms with Crippen LogP contribution >= 0.6 is 0 Å². The first-order chi connectivity index (χ1) is 14.9. The van der Waals surface area contributed by atoms with Crippen molar-refractivity contribution in [2.24, 2.45) is 11.8 Å². The topological polar surface area (TPSA) is 67.4 Å². The van der Waals surface area contributed by atoms with Gasteiger partial charge in [0, 0.05) is 24.0 Å². The van der Waals surface area contributed by atoms with Crippen LogP contribution in [0, 0.1) is 18.8 Å². The van der Waals surface area contributed by atoms with E-state index >= 15 is 0 Å². The Hall–Kier alpha value is -2.54. The fraction of sp³-hybridized carbons (Fsp3) is 0.583. The number of likely N-dealkylation sites (tertiary alicyclic amines) is 1. The minimum atomic E-state index is -0.0725. The Bertz CT molecular complexity index is 951. The van der Waals surface area contributed by atoms with Gasteiger partial charge in [0.15, 0.2) is 12.3 Å². The Labute approximate surface area is 183 Å². The van der Waals surface area contributed by atoms with E-state index in [1.807, 2.05) is 34.9 Å². The number of fused-ring (bicyclic) bond motifs is 1. The van der Waals surface area contributed by atoms with E-state index in [-0.39, 0.29) is 11.8 Å². The van der Waals surface area contributed by atoms with Crippen LogP contribution in [0.1, 0.15) is 36.4 Å². The molecule has 1 aromatic heterocycles. The number of piperidine rings is 1. The molecule has 2 atom stereocenters.